The van der Waals surface area contributed by atoms with E-state index in [-0.39, 0.29) is 25.7 Å². The fraction of sp³-hybridized carbons (Fsp3) is 0.182. The van der Waals surface area contributed by atoms with Crippen molar-refractivity contribution in [2.75, 3.05) is 0 Å². The second-order valence-electron chi connectivity index (χ2n) is 12.7. The third kappa shape index (κ3) is 7.45. The fourth-order valence-corrected chi connectivity index (χ4v) is 7.81. The first kappa shape index (κ1) is 31.8. The summed E-state index contributed by atoms with van der Waals surface area (Å²) in [6, 6.07) is 38.0. The largest absolute Gasteiger partial charge is 0.360 e. The third-order valence-electron chi connectivity index (χ3n) is 8.80. The summed E-state index contributed by atoms with van der Waals surface area (Å²) < 4.78 is 25.4. The van der Waals surface area contributed by atoms with Crippen LogP contribution in [-0.4, -0.2) is 14.5 Å². The fourth-order valence-electron chi connectivity index (χ4n) is 6.33. The summed E-state index contributed by atoms with van der Waals surface area (Å²) in [5, 5.41) is 9.20. The SMILES string of the molecule is CC(C)c1cccc(C(C)C)c1Cn1c(-c2[c-]sc3ccc(-c4ccsc4)cc23)nc2ccccc21.[2H]C([2H])([2H])c1ccc(-c2[c-]cccc2)nc1.[Ir]. The Kier molecular flexibility index (Phi) is 10.0. The first-order chi connectivity index (χ1) is 25.1. The van der Waals surface area contributed by atoms with Gasteiger partial charge in [0.2, 0.25) is 0 Å². The summed E-state index contributed by atoms with van der Waals surface area (Å²) in [6.45, 7) is 7.88. The minimum atomic E-state index is -2.09. The summed E-state index contributed by atoms with van der Waals surface area (Å²) in [5.74, 6) is 1.91. The molecule has 4 heterocycles. The Balaban J connectivity index is 0.000000238. The maximum Gasteiger partial charge on any atom is 0.0770 e. The molecule has 50 heavy (non-hydrogen) atoms. The Labute approximate surface area is 321 Å². The predicted octanol–water partition coefficient (Wildman–Crippen LogP) is 12.6. The van der Waals surface area contributed by atoms with Crippen LogP contribution < -0.4 is 0 Å². The summed E-state index contributed by atoms with van der Waals surface area (Å²) in [4.78, 5) is 9.31. The molecule has 6 heteroatoms. The van der Waals surface area contributed by atoms with Gasteiger partial charge < -0.3 is 9.55 Å². The van der Waals surface area contributed by atoms with E-state index in [1.165, 1.54) is 49.6 Å². The number of para-hydroxylation sites is 2. The molecule has 0 aliphatic rings. The molecule has 0 aliphatic carbocycles. The van der Waals surface area contributed by atoms with Crippen LogP contribution in [-0.2, 0) is 26.7 Å². The van der Waals surface area contributed by atoms with E-state index in [1.807, 2.05) is 18.2 Å². The molecular formula is C44H39IrN3S2-2. The van der Waals surface area contributed by atoms with Gasteiger partial charge in [-0.05, 0) is 86.7 Å². The zero-order valence-corrected chi connectivity index (χ0v) is 32.4. The van der Waals surface area contributed by atoms with Crippen LogP contribution in [0.2, 0.25) is 0 Å². The number of nitrogens with zero attached hydrogens (tertiary/aromatic N) is 3. The van der Waals surface area contributed by atoms with E-state index in [0.717, 1.165) is 34.7 Å². The molecule has 0 unspecified atom stereocenters. The molecule has 8 rings (SSSR count). The third-order valence-corrected chi connectivity index (χ3v) is 10.4. The molecule has 0 bridgehead atoms. The van der Waals surface area contributed by atoms with E-state index in [0.29, 0.717) is 11.8 Å². The van der Waals surface area contributed by atoms with Gasteiger partial charge in [0.15, 0.2) is 0 Å². The Morgan fingerprint density at radius 3 is 2.32 bits per heavy atom. The van der Waals surface area contributed by atoms with Gasteiger partial charge in [0, 0.05) is 37.0 Å². The normalized spacial score (nSPS) is 12.3. The van der Waals surface area contributed by atoms with Gasteiger partial charge in [0.05, 0.1) is 16.9 Å². The van der Waals surface area contributed by atoms with E-state index in [4.69, 9.17) is 9.10 Å². The van der Waals surface area contributed by atoms with Crippen LogP contribution in [0.3, 0.4) is 0 Å². The summed E-state index contributed by atoms with van der Waals surface area (Å²) in [6.07, 6.45) is 1.39. The van der Waals surface area contributed by atoms with Gasteiger partial charge in [-0.25, -0.2) is 0 Å². The second-order valence-corrected chi connectivity index (χ2v) is 14.4. The van der Waals surface area contributed by atoms with Crippen LogP contribution >= 0.6 is 22.7 Å². The Bertz CT molecular complexity index is 2400. The number of thiophene rings is 2. The van der Waals surface area contributed by atoms with E-state index >= 15 is 0 Å². The second kappa shape index (κ2) is 15.8. The van der Waals surface area contributed by atoms with Crippen molar-refractivity contribution < 1.29 is 24.2 Å². The van der Waals surface area contributed by atoms with Crippen molar-refractivity contribution in [2.24, 2.45) is 0 Å². The number of rotatable bonds is 7. The quantitative estimate of drug-likeness (QED) is 0.149. The first-order valence-corrected chi connectivity index (χ1v) is 18.3. The van der Waals surface area contributed by atoms with Gasteiger partial charge in [-0.1, -0.05) is 104 Å². The van der Waals surface area contributed by atoms with Gasteiger partial charge in [0.25, 0.3) is 0 Å². The molecule has 3 nitrogen and oxygen atoms in total. The first-order valence-electron chi connectivity index (χ1n) is 18.1. The van der Waals surface area contributed by atoms with E-state index in [9.17, 15) is 0 Å². The van der Waals surface area contributed by atoms with Crippen molar-refractivity contribution in [1.29, 1.82) is 0 Å². The van der Waals surface area contributed by atoms with Crippen LogP contribution in [0.1, 0.15) is 65.9 Å². The van der Waals surface area contributed by atoms with Gasteiger partial charge in [-0.3, -0.25) is 16.3 Å². The van der Waals surface area contributed by atoms with Crippen molar-refractivity contribution in [3.8, 4) is 33.8 Å². The topological polar surface area (TPSA) is 30.7 Å². The molecule has 0 saturated carbocycles. The Morgan fingerprint density at radius 2 is 1.64 bits per heavy atom. The minimum absolute atomic E-state index is 0. The Hall–Kier alpha value is -4.19. The molecule has 0 saturated heterocycles. The number of fused-ring (bicyclic) bond motifs is 2. The Morgan fingerprint density at radius 1 is 0.840 bits per heavy atom. The van der Waals surface area contributed by atoms with Crippen LogP contribution in [0, 0.1) is 18.3 Å². The average Bonchev–Trinajstić information content (AvgIpc) is 3.91. The average molecular weight is 869 g/mol. The van der Waals surface area contributed by atoms with Crippen molar-refractivity contribution >= 4 is 43.8 Å². The molecular weight excluding hydrogens is 827 g/mol. The number of aromatic nitrogens is 3. The number of pyridine rings is 1. The summed E-state index contributed by atoms with van der Waals surface area (Å²) in [7, 11) is 0. The van der Waals surface area contributed by atoms with E-state index < -0.39 is 6.85 Å². The molecule has 0 spiro atoms. The van der Waals surface area contributed by atoms with Crippen molar-refractivity contribution in [3.05, 3.63) is 154 Å². The van der Waals surface area contributed by atoms with Crippen LogP contribution in [0.4, 0.5) is 0 Å². The van der Waals surface area contributed by atoms with E-state index in [1.54, 1.807) is 40.9 Å². The summed E-state index contributed by atoms with van der Waals surface area (Å²) in [5.41, 5.74) is 11.9. The number of benzene rings is 4. The smallest absolute Gasteiger partial charge is 0.0770 e. The van der Waals surface area contributed by atoms with Gasteiger partial charge in [-0.2, -0.15) is 11.3 Å². The van der Waals surface area contributed by atoms with Crippen LogP contribution in [0.15, 0.2) is 120 Å². The molecule has 4 aromatic heterocycles. The van der Waals surface area contributed by atoms with Gasteiger partial charge >= 0.3 is 0 Å². The molecule has 253 valence electrons. The molecule has 0 atom stereocenters. The molecule has 4 aromatic carbocycles. The van der Waals surface area contributed by atoms with Gasteiger partial charge in [0.1, 0.15) is 0 Å². The van der Waals surface area contributed by atoms with E-state index in [2.05, 4.69) is 126 Å². The van der Waals surface area contributed by atoms with Crippen molar-refractivity contribution in [1.82, 2.24) is 14.5 Å². The number of hydrogen-bond donors (Lipinski definition) is 0. The zero-order valence-electron chi connectivity index (χ0n) is 31.4. The van der Waals surface area contributed by atoms with Crippen LogP contribution in [0.25, 0.3) is 54.9 Å². The summed E-state index contributed by atoms with van der Waals surface area (Å²) >= 11 is 3.41. The monoisotopic (exact) mass is 869 g/mol. The number of hydrogen-bond acceptors (Lipinski definition) is 4. The van der Waals surface area contributed by atoms with Crippen molar-refractivity contribution in [3.63, 3.8) is 0 Å². The molecule has 8 aromatic rings. The number of imidazole rings is 1. The maximum absolute atomic E-state index is 7.23. The van der Waals surface area contributed by atoms with Gasteiger partial charge in [-0.15, -0.1) is 41.3 Å². The molecule has 0 N–H and O–H groups in total. The maximum atomic E-state index is 7.23. The molecule has 0 amide bonds. The van der Waals surface area contributed by atoms with Crippen LogP contribution in [0.5, 0.6) is 0 Å². The zero-order chi connectivity index (χ0) is 36.4. The van der Waals surface area contributed by atoms with Crippen molar-refractivity contribution in [2.45, 2.75) is 52.9 Å². The minimum Gasteiger partial charge on any atom is -0.360 e. The molecule has 1 radical (unpaired) electrons. The molecule has 0 fully saturated rings. The standard InChI is InChI=1S/C32H29N2S2.C12H10N.Ir/c1-20(2)24-8-7-9-25(21(3)4)27(24)17-34-30-11-6-5-10-29(30)33-32(34)28-19-36-31-13-12-22(16-26(28)31)23-14-15-35-18-23;1-10-7-8-12(13-9-10)11-5-3-2-4-6-11;/h5-16,18,20-21H,17H2,1-4H3;2-5,7-9H,1H3;/q2*-1;/i;1D3;. The molecule has 0 aliphatic heterocycles. The predicted molar refractivity (Wildman–Crippen MR) is 210 cm³/mol. The number of aryl methyl sites for hydroxylation is 1.